The Hall–Kier alpha value is -5.29. The summed E-state index contributed by atoms with van der Waals surface area (Å²) in [5, 5.41) is 6.38. The Morgan fingerprint density at radius 1 is 1.04 bits per heavy atom. The van der Waals surface area contributed by atoms with Gasteiger partial charge in [0.2, 0.25) is 12.3 Å². The summed E-state index contributed by atoms with van der Waals surface area (Å²) >= 11 is 0. The average Bonchev–Trinajstić information content (AvgIpc) is 3.68. The highest BCUT2D eigenvalue weighted by Gasteiger charge is 2.19. The zero-order valence-corrected chi connectivity index (χ0v) is 26.2. The smallest absolute Gasteiger partial charge is 0.277 e. The Kier molecular flexibility index (Phi) is 9.92. The van der Waals surface area contributed by atoms with Crippen molar-refractivity contribution in [3.63, 3.8) is 0 Å². The van der Waals surface area contributed by atoms with Crippen LogP contribution in [-0.2, 0) is 16.1 Å². The zero-order chi connectivity index (χ0) is 32.8. The van der Waals surface area contributed by atoms with Crippen LogP contribution >= 0.6 is 0 Å². The lowest BCUT2D eigenvalue weighted by Crippen LogP contribution is -2.31. The van der Waals surface area contributed by atoms with Crippen LogP contribution in [0.3, 0.4) is 0 Å². The lowest BCUT2D eigenvalue weighted by Gasteiger charge is -2.21. The predicted molar refractivity (Wildman–Crippen MR) is 180 cm³/mol. The number of carbonyl (C=O) groups is 2. The van der Waals surface area contributed by atoms with Gasteiger partial charge in [0.05, 0.1) is 24.8 Å². The SMILES string of the molecule is CNCC(=O)Nc1cnc(-c2cccc(C)c2)n(Cc2cc(N3CCCC3)cc(-n3cc(C)c4cc(F)ccc43)c2)c1=O.NC=O. The molecule has 0 bridgehead atoms. The molecular formula is C35H38FN7O3. The minimum absolute atomic E-state index is 0.0778. The van der Waals surface area contributed by atoms with E-state index < -0.39 is 0 Å². The van der Waals surface area contributed by atoms with Crippen LogP contribution in [0.25, 0.3) is 28.0 Å². The molecule has 238 valence electrons. The molecule has 0 spiro atoms. The van der Waals surface area contributed by atoms with E-state index in [2.05, 4.69) is 49.0 Å². The number of anilines is 2. The molecule has 3 heterocycles. The number of hydrogen-bond donors (Lipinski definition) is 3. The second kappa shape index (κ2) is 14.2. The van der Waals surface area contributed by atoms with Gasteiger partial charge in [0.1, 0.15) is 17.3 Å². The summed E-state index contributed by atoms with van der Waals surface area (Å²) in [5.41, 5.74) is 10.6. The normalized spacial score (nSPS) is 12.6. The number of aryl methyl sites for hydroxylation is 2. The number of likely N-dealkylation sites (N-methyl/N-ethyl adjacent to an activating group) is 1. The molecule has 3 aromatic carbocycles. The molecule has 1 saturated heterocycles. The Balaban J connectivity index is 0.00000134. The molecule has 5 aromatic rings. The van der Waals surface area contributed by atoms with E-state index >= 15 is 0 Å². The van der Waals surface area contributed by atoms with Crippen LogP contribution in [-0.4, -0.2) is 53.1 Å². The Bertz CT molecular complexity index is 1940. The third kappa shape index (κ3) is 7.00. The Morgan fingerprint density at radius 2 is 1.78 bits per heavy atom. The molecule has 0 aliphatic carbocycles. The van der Waals surface area contributed by atoms with Crippen LogP contribution in [0.5, 0.6) is 0 Å². The second-order valence-corrected chi connectivity index (χ2v) is 11.4. The van der Waals surface area contributed by atoms with E-state index in [0.29, 0.717) is 5.82 Å². The fraction of sp³-hybridized carbons (Fsp3) is 0.257. The number of rotatable bonds is 8. The molecule has 0 unspecified atom stereocenters. The number of fused-ring (bicyclic) bond motifs is 1. The van der Waals surface area contributed by atoms with Gasteiger partial charge < -0.3 is 25.8 Å². The number of hydrogen-bond acceptors (Lipinski definition) is 6. The van der Waals surface area contributed by atoms with Crippen LogP contribution in [0.2, 0.25) is 0 Å². The predicted octanol–water partition coefficient (Wildman–Crippen LogP) is 4.52. The molecule has 10 nitrogen and oxygen atoms in total. The number of benzene rings is 3. The van der Waals surface area contributed by atoms with Gasteiger partial charge in [0.25, 0.3) is 5.56 Å². The molecule has 1 fully saturated rings. The highest BCUT2D eigenvalue weighted by Crippen LogP contribution is 2.31. The van der Waals surface area contributed by atoms with Crippen LogP contribution in [0, 0.1) is 19.7 Å². The maximum absolute atomic E-state index is 14.1. The van der Waals surface area contributed by atoms with Crippen molar-refractivity contribution in [2.24, 2.45) is 5.73 Å². The molecule has 11 heteroatoms. The number of nitrogens with one attached hydrogen (secondary N) is 2. The number of primary amides is 1. The summed E-state index contributed by atoms with van der Waals surface area (Å²) in [5.74, 6) is -0.0656. The first-order chi connectivity index (χ1) is 22.2. The summed E-state index contributed by atoms with van der Waals surface area (Å²) in [4.78, 5) is 41.9. The maximum Gasteiger partial charge on any atom is 0.277 e. The standard InChI is InChI=1S/C34H35FN6O2.CH3NO/c1-22-7-6-8-25(13-22)33-37-18-30(38-32(42)19-36-3)34(43)41(33)21-24-14-27(39-11-4-5-12-39)17-28(15-24)40-20-23(2)29-16-26(35)9-10-31(29)40;2-1-3/h6-10,13-18,20,36H,4-5,11-12,19,21H2,1-3H3,(H,38,42);1H,(H2,2,3). The lowest BCUT2D eigenvalue weighted by atomic mass is 10.1. The molecule has 0 atom stereocenters. The number of halogens is 1. The van der Waals surface area contributed by atoms with Crippen LogP contribution < -0.4 is 26.8 Å². The highest BCUT2D eigenvalue weighted by atomic mass is 19.1. The summed E-state index contributed by atoms with van der Waals surface area (Å²) < 4.78 is 17.8. The first kappa shape index (κ1) is 32.1. The van der Waals surface area contributed by atoms with Gasteiger partial charge in [-0.2, -0.15) is 0 Å². The van der Waals surface area contributed by atoms with Gasteiger partial charge in [-0.1, -0.05) is 23.8 Å². The van der Waals surface area contributed by atoms with Gasteiger partial charge >= 0.3 is 0 Å². The van der Waals surface area contributed by atoms with Crippen molar-refractivity contribution in [2.45, 2.75) is 33.2 Å². The summed E-state index contributed by atoms with van der Waals surface area (Å²) in [6, 6.07) is 19.1. The molecular weight excluding hydrogens is 585 g/mol. The second-order valence-electron chi connectivity index (χ2n) is 11.4. The van der Waals surface area contributed by atoms with Crippen molar-refractivity contribution in [3.05, 3.63) is 106 Å². The van der Waals surface area contributed by atoms with E-state index in [1.54, 1.807) is 23.7 Å². The molecule has 0 saturated carbocycles. The van der Waals surface area contributed by atoms with Crippen molar-refractivity contribution in [1.82, 2.24) is 19.4 Å². The Labute approximate surface area is 266 Å². The van der Waals surface area contributed by atoms with Crippen molar-refractivity contribution in [2.75, 3.05) is 36.9 Å². The van der Waals surface area contributed by atoms with Crippen molar-refractivity contribution >= 4 is 34.6 Å². The average molecular weight is 624 g/mol. The van der Waals surface area contributed by atoms with Gasteiger partial charge in [0, 0.05) is 41.6 Å². The zero-order valence-electron chi connectivity index (χ0n) is 26.2. The first-order valence-electron chi connectivity index (χ1n) is 15.2. The van der Waals surface area contributed by atoms with Gasteiger partial charge in [0.15, 0.2) is 0 Å². The van der Waals surface area contributed by atoms with E-state index in [4.69, 9.17) is 4.79 Å². The monoisotopic (exact) mass is 623 g/mol. The molecule has 2 amide bonds. The molecule has 4 N–H and O–H groups in total. The number of nitrogens with two attached hydrogens (primary N) is 1. The summed E-state index contributed by atoms with van der Waals surface area (Å²) in [6.45, 7) is 6.22. The van der Waals surface area contributed by atoms with Crippen molar-refractivity contribution in [3.8, 4) is 17.1 Å². The van der Waals surface area contributed by atoms with E-state index in [1.165, 1.54) is 12.3 Å². The van der Waals surface area contributed by atoms with E-state index in [9.17, 15) is 14.0 Å². The third-order valence-electron chi connectivity index (χ3n) is 7.95. The number of nitrogens with zero attached hydrogens (tertiary/aromatic N) is 4. The lowest BCUT2D eigenvalue weighted by molar-refractivity contribution is -0.115. The molecule has 46 heavy (non-hydrogen) atoms. The molecule has 0 radical (unpaired) electrons. The van der Waals surface area contributed by atoms with Crippen LogP contribution in [0.4, 0.5) is 15.8 Å². The largest absolute Gasteiger partial charge is 0.372 e. The topological polar surface area (TPSA) is 127 Å². The number of amides is 2. The van der Waals surface area contributed by atoms with Gasteiger partial charge in [-0.25, -0.2) is 9.37 Å². The first-order valence-corrected chi connectivity index (χ1v) is 15.2. The van der Waals surface area contributed by atoms with Crippen molar-refractivity contribution < 1.29 is 14.0 Å². The van der Waals surface area contributed by atoms with E-state index in [0.717, 1.165) is 70.5 Å². The molecule has 1 aliphatic heterocycles. The van der Waals surface area contributed by atoms with Gasteiger partial charge in [-0.15, -0.1) is 0 Å². The molecule has 6 rings (SSSR count). The summed E-state index contributed by atoms with van der Waals surface area (Å²) in [7, 11) is 1.67. The Morgan fingerprint density at radius 3 is 2.50 bits per heavy atom. The van der Waals surface area contributed by atoms with E-state index in [-0.39, 0.29) is 42.5 Å². The fourth-order valence-electron chi connectivity index (χ4n) is 5.90. The minimum atomic E-state index is -0.332. The summed E-state index contributed by atoms with van der Waals surface area (Å²) in [6.07, 6.45) is 5.96. The molecule has 2 aromatic heterocycles. The maximum atomic E-state index is 14.1. The fourth-order valence-corrected chi connectivity index (χ4v) is 5.90. The van der Waals surface area contributed by atoms with Gasteiger partial charge in [-0.3, -0.25) is 19.0 Å². The number of carbonyl (C=O) groups excluding carboxylic acids is 2. The van der Waals surface area contributed by atoms with Gasteiger partial charge in [-0.05, 0) is 87.3 Å². The minimum Gasteiger partial charge on any atom is -0.372 e. The van der Waals surface area contributed by atoms with Crippen LogP contribution in [0.15, 0.2) is 77.9 Å². The van der Waals surface area contributed by atoms with Crippen LogP contribution in [0.1, 0.15) is 29.5 Å². The van der Waals surface area contributed by atoms with E-state index in [1.807, 2.05) is 44.3 Å². The number of aromatic nitrogens is 3. The quantitative estimate of drug-likeness (QED) is 0.218. The third-order valence-corrected chi connectivity index (χ3v) is 7.95. The highest BCUT2D eigenvalue weighted by molar-refractivity contribution is 5.92. The van der Waals surface area contributed by atoms with Crippen molar-refractivity contribution in [1.29, 1.82) is 0 Å². The molecule has 1 aliphatic rings.